The summed E-state index contributed by atoms with van der Waals surface area (Å²) < 4.78 is 27.6. The molecule has 26 heavy (non-hydrogen) atoms. The molecule has 11 heteroatoms. The molecule has 2 saturated heterocycles. The fourth-order valence-electron chi connectivity index (χ4n) is 2.77. The first kappa shape index (κ1) is 20.0. The average molecular weight is 436 g/mol. The molecular formula is C15H21N3O4S4. The second-order valence-corrected chi connectivity index (χ2v) is 11.5. The molecule has 2 amide bonds. The Labute approximate surface area is 165 Å². The van der Waals surface area contributed by atoms with E-state index in [0.29, 0.717) is 31.3 Å². The second kappa shape index (κ2) is 8.51. The Hall–Kier alpha value is -0.750. The maximum Gasteiger partial charge on any atom is 0.254 e. The number of thiophene rings is 1. The molecule has 0 bridgehead atoms. The quantitative estimate of drug-likeness (QED) is 0.743. The minimum atomic E-state index is -3.72. The van der Waals surface area contributed by atoms with Crippen molar-refractivity contribution in [1.82, 2.24) is 14.5 Å². The van der Waals surface area contributed by atoms with E-state index in [-0.39, 0.29) is 16.0 Å². The van der Waals surface area contributed by atoms with Gasteiger partial charge in [0.1, 0.15) is 10.3 Å². The van der Waals surface area contributed by atoms with Crippen LogP contribution in [0.25, 0.3) is 0 Å². The number of amides is 2. The summed E-state index contributed by atoms with van der Waals surface area (Å²) >= 11 is 4.41. The van der Waals surface area contributed by atoms with Crippen molar-refractivity contribution in [1.29, 1.82) is 0 Å². The molecule has 1 aromatic heterocycles. The standard InChI is InChI=1S/C15H21N3O4S4/c1-11(19)16-8-12-2-3-14(25-12)26(21,22)18-10-24-9-13(18)15(20)17-4-6-23-7-5-17/h2-3,13H,4-10H2,1H3,(H,16,19). The number of carbonyl (C=O) groups is 2. The fourth-order valence-corrected chi connectivity index (χ4v) is 8.23. The van der Waals surface area contributed by atoms with E-state index in [9.17, 15) is 18.0 Å². The van der Waals surface area contributed by atoms with Gasteiger partial charge in [0.15, 0.2) is 0 Å². The van der Waals surface area contributed by atoms with E-state index in [2.05, 4.69) is 5.32 Å². The number of sulfonamides is 1. The highest BCUT2D eigenvalue weighted by molar-refractivity contribution is 8.01. The largest absolute Gasteiger partial charge is 0.351 e. The van der Waals surface area contributed by atoms with Gasteiger partial charge in [-0.25, -0.2) is 8.42 Å². The van der Waals surface area contributed by atoms with Crippen LogP contribution in [0.1, 0.15) is 11.8 Å². The molecule has 0 aromatic carbocycles. The van der Waals surface area contributed by atoms with Crippen LogP contribution in [0.2, 0.25) is 0 Å². The second-order valence-electron chi connectivity index (χ2n) is 5.98. The Morgan fingerprint density at radius 2 is 1.96 bits per heavy atom. The maximum atomic E-state index is 13.0. The first-order valence-electron chi connectivity index (χ1n) is 8.19. The topological polar surface area (TPSA) is 86.8 Å². The summed E-state index contributed by atoms with van der Waals surface area (Å²) in [6.07, 6.45) is 0. The lowest BCUT2D eigenvalue weighted by Crippen LogP contribution is -2.50. The lowest BCUT2D eigenvalue weighted by atomic mass is 10.3. The maximum absolute atomic E-state index is 13.0. The molecule has 144 valence electrons. The van der Waals surface area contributed by atoms with E-state index < -0.39 is 16.1 Å². The first-order valence-corrected chi connectivity index (χ1v) is 12.8. The zero-order valence-electron chi connectivity index (χ0n) is 14.3. The Bertz CT molecular complexity index is 774. The predicted octanol–water partition coefficient (Wildman–Crippen LogP) is 1.02. The molecule has 0 saturated carbocycles. The van der Waals surface area contributed by atoms with Gasteiger partial charge in [-0.3, -0.25) is 9.59 Å². The Morgan fingerprint density at radius 1 is 1.23 bits per heavy atom. The lowest BCUT2D eigenvalue weighted by Gasteiger charge is -2.31. The number of nitrogens with zero attached hydrogens (tertiary/aromatic N) is 2. The fraction of sp³-hybridized carbons (Fsp3) is 0.600. The smallest absolute Gasteiger partial charge is 0.254 e. The number of nitrogens with one attached hydrogen (secondary N) is 1. The third-order valence-corrected chi connectivity index (χ3v) is 9.69. The molecule has 7 nitrogen and oxygen atoms in total. The molecule has 3 heterocycles. The average Bonchev–Trinajstić information content (AvgIpc) is 3.30. The molecule has 1 unspecified atom stereocenters. The van der Waals surface area contributed by atoms with E-state index >= 15 is 0 Å². The van der Waals surface area contributed by atoms with Gasteiger partial charge in [-0.1, -0.05) is 0 Å². The van der Waals surface area contributed by atoms with Crippen LogP contribution in [-0.4, -0.2) is 71.7 Å². The number of rotatable bonds is 5. The normalized spacial score (nSPS) is 21.7. The van der Waals surface area contributed by atoms with Gasteiger partial charge in [0.05, 0.1) is 12.4 Å². The van der Waals surface area contributed by atoms with Crippen LogP contribution < -0.4 is 5.32 Å². The molecule has 1 N–H and O–H groups in total. The van der Waals surface area contributed by atoms with Gasteiger partial charge < -0.3 is 10.2 Å². The van der Waals surface area contributed by atoms with E-state index in [1.54, 1.807) is 17.0 Å². The summed E-state index contributed by atoms with van der Waals surface area (Å²) in [5.74, 6) is 2.33. The SMILES string of the molecule is CC(=O)NCc1ccc(S(=O)(=O)N2CSCC2C(=O)N2CCSCC2)s1. The number of thioether (sulfide) groups is 2. The Kier molecular flexibility index (Phi) is 6.54. The molecule has 2 aliphatic heterocycles. The van der Waals surface area contributed by atoms with Crippen molar-refractivity contribution in [3.8, 4) is 0 Å². The Morgan fingerprint density at radius 3 is 2.65 bits per heavy atom. The minimum Gasteiger partial charge on any atom is -0.351 e. The van der Waals surface area contributed by atoms with Crippen molar-refractivity contribution < 1.29 is 18.0 Å². The highest BCUT2D eigenvalue weighted by Gasteiger charge is 2.42. The summed E-state index contributed by atoms with van der Waals surface area (Å²) in [6.45, 7) is 3.08. The van der Waals surface area contributed by atoms with Gasteiger partial charge in [0, 0.05) is 42.1 Å². The van der Waals surface area contributed by atoms with E-state index in [4.69, 9.17) is 0 Å². The number of carbonyl (C=O) groups excluding carboxylic acids is 2. The van der Waals surface area contributed by atoms with Crippen LogP contribution in [-0.2, 0) is 26.2 Å². The van der Waals surface area contributed by atoms with Gasteiger partial charge >= 0.3 is 0 Å². The summed E-state index contributed by atoms with van der Waals surface area (Å²) in [5.41, 5.74) is 0. The van der Waals surface area contributed by atoms with Crippen molar-refractivity contribution in [3.05, 3.63) is 17.0 Å². The zero-order valence-corrected chi connectivity index (χ0v) is 17.6. The van der Waals surface area contributed by atoms with Gasteiger partial charge in [-0.2, -0.15) is 16.1 Å². The highest BCUT2D eigenvalue weighted by atomic mass is 32.2. The van der Waals surface area contributed by atoms with E-state index in [1.165, 1.54) is 23.0 Å². The van der Waals surface area contributed by atoms with Gasteiger partial charge in [0.25, 0.3) is 10.0 Å². The summed E-state index contributed by atoms with van der Waals surface area (Å²) in [4.78, 5) is 26.4. The van der Waals surface area contributed by atoms with Gasteiger partial charge in [0.2, 0.25) is 11.8 Å². The summed E-state index contributed by atoms with van der Waals surface area (Å²) in [5, 5.41) is 2.66. The van der Waals surface area contributed by atoms with Crippen LogP contribution >= 0.6 is 34.9 Å². The highest BCUT2D eigenvalue weighted by Crippen LogP contribution is 2.32. The van der Waals surface area contributed by atoms with Crippen LogP contribution in [0.4, 0.5) is 0 Å². The number of hydrogen-bond donors (Lipinski definition) is 1. The van der Waals surface area contributed by atoms with Gasteiger partial charge in [-0.15, -0.1) is 23.1 Å². The molecule has 3 rings (SSSR count). The van der Waals surface area contributed by atoms with E-state index in [0.717, 1.165) is 27.7 Å². The van der Waals surface area contributed by atoms with Crippen LogP contribution in [0.3, 0.4) is 0 Å². The number of hydrogen-bond acceptors (Lipinski definition) is 7. The minimum absolute atomic E-state index is 0.0890. The van der Waals surface area contributed by atoms with Crippen molar-refractivity contribution >= 4 is 56.7 Å². The molecule has 2 fully saturated rings. The summed E-state index contributed by atoms with van der Waals surface area (Å²) in [6, 6.07) is 2.63. The van der Waals surface area contributed by atoms with Gasteiger partial charge in [-0.05, 0) is 12.1 Å². The molecule has 1 aromatic rings. The van der Waals surface area contributed by atoms with Crippen molar-refractivity contribution in [2.24, 2.45) is 0 Å². The lowest BCUT2D eigenvalue weighted by molar-refractivity contribution is -0.133. The van der Waals surface area contributed by atoms with Crippen molar-refractivity contribution in [3.63, 3.8) is 0 Å². The predicted molar refractivity (Wildman–Crippen MR) is 106 cm³/mol. The monoisotopic (exact) mass is 435 g/mol. The van der Waals surface area contributed by atoms with Crippen LogP contribution in [0.15, 0.2) is 16.3 Å². The zero-order chi connectivity index (χ0) is 18.7. The molecule has 0 aliphatic carbocycles. The molecule has 0 radical (unpaired) electrons. The summed E-state index contributed by atoms with van der Waals surface area (Å²) in [7, 11) is -3.72. The third kappa shape index (κ3) is 4.38. The van der Waals surface area contributed by atoms with Crippen LogP contribution in [0, 0.1) is 0 Å². The Balaban J connectivity index is 1.75. The molecule has 0 spiro atoms. The third-order valence-electron chi connectivity index (χ3n) is 4.16. The van der Waals surface area contributed by atoms with Crippen molar-refractivity contribution in [2.45, 2.75) is 23.7 Å². The van der Waals surface area contributed by atoms with Crippen molar-refractivity contribution in [2.75, 3.05) is 36.2 Å². The molecular weight excluding hydrogens is 414 g/mol. The van der Waals surface area contributed by atoms with E-state index in [1.807, 2.05) is 11.8 Å². The van der Waals surface area contributed by atoms with Crippen LogP contribution in [0.5, 0.6) is 0 Å². The molecule has 2 aliphatic rings. The first-order chi connectivity index (χ1) is 12.4. The molecule has 1 atom stereocenters.